The molecule has 0 aliphatic heterocycles. The lowest BCUT2D eigenvalue weighted by molar-refractivity contribution is -0.120. The van der Waals surface area contributed by atoms with Gasteiger partial charge in [0.05, 0.1) is 11.9 Å². The zero-order valence-electron chi connectivity index (χ0n) is 14.5. The number of nitrogens with zero attached hydrogens (tertiary/aromatic N) is 3. The van der Waals surface area contributed by atoms with Gasteiger partial charge in [0.1, 0.15) is 11.5 Å². The van der Waals surface area contributed by atoms with E-state index in [4.69, 9.17) is 4.42 Å². The average Bonchev–Trinajstić information content (AvgIpc) is 3.27. The Hall–Kier alpha value is -2.41. The molecule has 0 radical (unpaired) electrons. The van der Waals surface area contributed by atoms with Crippen LogP contribution in [0.3, 0.4) is 0 Å². The molecule has 25 heavy (non-hydrogen) atoms. The summed E-state index contributed by atoms with van der Waals surface area (Å²) in [7, 11) is 1.93. The first kappa shape index (κ1) is 16.1. The van der Waals surface area contributed by atoms with Gasteiger partial charge in [-0.05, 0) is 38.3 Å². The Kier molecular flexibility index (Phi) is 3.95. The van der Waals surface area contributed by atoms with Gasteiger partial charge in [-0.15, -0.1) is 11.3 Å². The van der Waals surface area contributed by atoms with Gasteiger partial charge in [-0.3, -0.25) is 9.48 Å². The second-order valence-corrected chi connectivity index (χ2v) is 7.39. The zero-order valence-corrected chi connectivity index (χ0v) is 15.3. The maximum absolute atomic E-state index is 12.6. The molecular weight excluding hydrogens is 336 g/mol. The van der Waals surface area contributed by atoms with E-state index in [1.165, 1.54) is 16.9 Å². The first-order chi connectivity index (χ1) is 12.0. The van der Waals surface area contributed by atoms with Crippen LogP contribution in [0.25, 0.3) is 11.3 Å². The number of nitrogens with one attached hydrogen (secondary N) is 1. The molecule has 6 nitrogen and oxygen atoms in total. The molecule has 0 spiro atoms. The van der Waals surface area contributed by atoms with E-state index in [1.807, 2.05) is 43.2 Å². The number of furan rings is 1. The molecule has 4 rings (SSSR count). The van der Waals surface area contributed by atoms with Crippen LogP contribution in [0.4, 0.5) is 5.13 Å². The van der Waals surface area contributed by atoms with E-state index in [-0.39, 0.29) is 11.8 Å². The molecular formula is C18H20N4O2S. The normalized spacial score (nSPS) is 16.7. The van der Waals surface area contributed by atoms with Gasteiger partial charge in [0.15, 0.2) is 5.13 Å². The zero-order chi connectivity index (χ0) is 17.6. The Morgan fingerprint density at radius 2 is 2.28 bits per heavy atom. The molecule has 0 aromatic carbocycles. The third-order valence-corrected chi connectivity index (χ3v) is 5.53. The molecule has 130 valence electrons. The van der Waals surface area contributed by atoms with Crippen molar-refractivity contribution in [3.63, 3.8) is 0 Å². The number of carbonyl (C=O) groups is 1. The molecule has 0 fully saturated rings. The predicted molar refractivity (Wildman–Crippen MR) is 96.6 cm³/mol. The molecule has 3 aromatic rings. The lowest BCUT2D eigenvalue weighted by Crippen LogP contribution is -2.28. The van der Waals surface area contributed by atoms with Gasteiger partial charge in [0.2, 0.25) is 5.91 Å². The summed E-state index contributed by atoms with van der Waals surface area (Å²) in [6.07, 6.45) is 4.39. The number of rotatable bonds is 3. The van der Waals surface area contributed by atoms with Crippen LogP contribution in [0.2, 0.25) is 0 Å². The van der Waals surface area contributed by atoms with Crippen molar-refractivity contribution >= 4 is 22.4 Å². The highest BCUT2D eigenvalue weighted by Gasteiger charge is 2.27. The number of aromatic nitrogens is 3. The van der Waals surface area contributed by atoms with Crippen molar-refractivity contribution in [1.82, 2.24) is 14.8 Å². The van der Waals surface area contributed by atoms with E-state index in [1.54, 1.807) is 0 Å². The molecule has 7 heteroatoms. The fourth-order valence-electron chi connectivity index (χ4n) is 3.42. The van der Waals surface area contributed by atoms with Crippen molar-refractivity contribution in [2.24, 2.45) is 13.0 Å². The molecule has 1 unspecified atom stereocenters. The van der Waals surface area contributed by atoms with Crippen molar-refractivity contribution in [2.45, 2.75) is 33.1 Å². The molecule has 3 aromatic heterocycles. The van der Waals surface area contributed by atoms with Crippen LogP contribution in [-0.2, 0) is 24.7 Å². The van der Waals surface area contributed by atoms with Crippen LogP contribution < -0.4 is 5.32 Å². The number of amides is 1. The quantitative estimate of drug-likeness (QED) is 0.779. The number of thiazole rings is 1. The predicted octanol–water partition coefficient (Wildman–Crippen LogP) is 3.50. The molecule has 3 heterocycles. The molecule has 1 N–H and O–H groups in total. The first-order valence-corrected chi connectivity index (χ1v) is 9.23. The summed E-state index contributed by atoms with van der Waals surface area (Å²) < 4.78 is 7.44. The van der Waals surface area contributed by atoms with Gasteiger partial charge in [-0.25, -0.2) is 4.98 Å². The van der Waals surface area contributed by atoms with Crippen LogP contribution in [-0.4, -0.2) is 20.7 Å². The molecule has 1 aliphatic rings. The minimum atomic E-state index is -0.0341. The average molecular weight is 356 g/mol. The summed E-state index contributed by atoms with van der Waals surface area (Å²) in [5, 5.41) is 9.85. The fraction of sp³-hybridized carbons (Fsp3) is 0.389. The third-order valence-electron chi connectivity index (χ3n) is 4.77. The summed E-state index contributed by atoms with van der Waals surface area (Å²) in [5.41, 5.74) is 4.24. The maximum Gasteiger partial charge on any atom is 0.229 e. The summed E-state index contributed by atoms with van der Waals surface area (Å²) >= 11 is 1.44. The van der Waals surface area contributed by atoms with E-state index in [0.29, 0.717) is 5.13 Å². The molecule has 0 saturated carbocycles. The van der Waals surface area contributed by atoms with Crippen LogP contribution >= 0.6 is 11.3 Å². The molecule has 0 saturated heterocycles. The Labute approximate surface area is 149 Å². The Morgan fingerprint density at radius 3 is 3.04 bits per heavy atom. The van der Waals surface area contributed by atoms with Gasteiger partial charge in [-0.1, -0.05) is 0 Å². The number of carbonyl (C=O) groups excluding carboxylic acids is 1. The lowest BCUT2D eigenvalue weighted by Gasteiger charge is -2.21. The molecule has 1 atom stereocenters. The second kappa shape index (κ2) is 6.15. The van der Waals surface area contributed by atoms with Gasteiger partial charge >= 0.3 is 0 Å². The van der Waals surface area contributed by atoms with Crippen LogP contribution in [0.5, 0.6) is 0 Å². The molecule has 1 aliphatic carbocycles. The first-order valence-electron chi connectivity index (χ1n) is 8.35. The van der Waals surface area contributed by atoms with Gasteiger partial charge in [0, 0.05) is 36.0 Å². The van der Waals surface area contributed by atoms with Crippen molar-refractivity contribution in [1.29, 1.82) is 0 Å². The maximum atomic E-state index is 12.6. The third kappa shape index (κ3) is 3.00. The second-order valence-electron chi connectivity index (χ2n) is 6.53. The van der Waals surface area contributed by atoms with E-state index in [2.05, 4.69) is 15.4 Å². The van der Waals surface area contributed by atoms with Crippen molar-refractivity contribution in [3.8, 4) is 11.3 Å². The summed E-state index contributed by atoms with van der Waals surface area (Å²) in [4.78, 5) is 17.2. The Bertz CT molecular complexity index is 937. The van der Waals surface area contributed by atoms with Crippen LogP contribution in [0.1, 0.15) is 29.2 Å². The Balaban J connectivity index is 1.47. The minimum absolute atomic E-state index is 0.0341. The topological polar surface area (TPSA) is 73.0 Å². The van der Waals surface area contributed by atoms with E-state index in [0.717, 1.165) is 47.7 Å². The highest BCUT2D eigenvalue weighted by molar-refractivity contribution is 7.14. The largest absolute Gasteiger partial charge is 0.466 e. The number of fused-ring (bicyclic) bond motifs is 1. The van der Waals surface area contributed by atoms with Crippen LogP contribution in [0, 0.1) is 19.8 Å². The fourth-order valence-corrected chi connectivity index (χ4v) is 4.13. The van der Waals surface area contributed by atoms with Crippen molar-refractivity contribution in [3.05, 3.63) is 40.4 Å². The number of aryl methyl sites for hydroxylation is 4. The Morgan fingerprint density at radius 1 is 1.44 bits per heavy atom. The number of hydrogen-bond donors (Lipinski definition) is 1. The van der Waals surface area contributed by atoms with E-state index in [9.17, 15) is 4.79 Å². The van der Waals surface area contributed by atoms with Gasteiger partial charge in [0.25, 0.3) is 0 Å². The lowest BCUT2D eigenvalue weighted by atomic mass is 9.87. The SMILES string of the molecule is Cc1cc(-c2csc(NC(=O)C3CCc4cnn(C)c4C3)n2)c(C)o1. The number of anilines is 1. The standard InChI is InChI=1S/C18H20N4O2S/c1-10-6-14(11(2)24-10)15-9-25-18(20-15)21-17(23)12-4-5-13-8-19-22(3)16(13)7-12/h6,8-9,12H,4-5,7H2,1-3H3,(H,20,21,23). The number of hydrogen-bond acceptors (Lipinski definition) is 5. The highest BCUT2D eigenvalue weighted by atomic mass is 32.1. The highest BCUT2D eigenvalue weighted by Crippen LogP contribution is 2.31. The van der Waals surface area contributed by atoms with Gasteiger partial charge in [-0.2, -0.15) is 5.10 Å². The molecule has 0 bridgehead atoms. The van der Waals surface area contributed by atoms with E-state index >= 15 is 0 Å². The van der Waals surface area contributed by atoms with Crippen molar-refractivity contribution < 1.29 is 9.21 Å². The molecule has 1 amide bonds. The summed E-state index contributed by atoms with van der Waals surface area (Å²) in [6.45, 7) is 3.84. The van der Waals surface area contributed by atoms with Gasteiger partial charge < -0.3 is 9.73 Å². The summed E-state index contributed by atoms with van der Waals surface area (Å²) in [6, 6.07) is 1.97. The smallest absolute Gasteiger partial charge is 0.229 e. The minimum Gasteiger partial charge on any atom is -0.466 e. The van der Waals surface area contributed by atoms with E-state index < -0.39 is 0 Å². The monoisotopic (exact) mass is 356 g/mol. The van der Waals surface area contributed by atoms with Crippen LogP contribution in [0.15, 0.2) is 22.1 Å². The van der Waals surface area contributed by atoms with Crippen molar-refractivity contribution in [2.75, 3.05) is 5.32 Å². The summed E-state index contributed by atoms with van der Waals surface area (Å²) in [5.74, 6) is 1.71.